The van der Waals surface area contributed by atoms with Crippen LogP contribution in [0.25, 0.3) is 0 Å². The molecule has 2 amide bonds. The number of rotatable bonds is 5. The van der Waals surface area contributed by atoms with Gasteiger partial charge in [-0.05, 0) is 37.5 Å². The highest BCUT2D eigenvalue weighted by atomic mass is 16.4. The standard InChI is InChI=1S/C13H20N2O3/c1-2-3-10(12(16)17)14-13(18)15-11-7-8-4-5-9(11)6-8/h2,8-11H,1,3-7H2,(H,16,17)(H2,14,15,18). The highest BCUT2D eigenvalue weighted by Gasteiger charge is 2.40. The first-order chi connectivity index (χ1) is 8.60. The molecule has 5 heteroatoms. The molecular formula is C13H20N2O3. The van der Waals surface area contributed by atoms with Crippen LogP contribution >= 0.6 is 0 Å². The third-order valence-electron chi connectivity index (χ3n) is 4.06. The van der Waals surface area contributed by atoms with Gasteiger partial charge in [0.1, 0.15) is 6.04 Å². The number of carboxylic acids is 1. The SMILES string of the molecule is C=CCC(NC(=O)NC1CC2CCC1C2)C(=O)O. The molecule has 3 N–H and O–H groups in total. The normalized spacial score (nSPS) is 30.8. The van der Waals surface area contributed by atoms with E-state index in [1.165, 1.54) is 25.3 Å². The molecule has 2 bridgehead atoms. The van der Waals surface area contributed by atoms with Gasteiger partial charge < -0.3 is 15.7 Å². The summed E-state index contributed by atoms with van der Waals surface area (Å²) in [6.45, 7) is 3.49. The molecule has 2 aliphatic rings. The van der Waals surface area contributed by atoms with Crippen molar-refractivity contribution in [1.29, 1.82) is 0 Å². The van der Waals surface area contributed by atoms with Crippen LogP contribution in [0.4, 0.5) is 4.79 Å². The molecule has 18 heavy (non-hydrogen) atoms. The molecule has 2 saturated carbocycles. The average Bonchev–Trinajstić information content (AvgIpc) is 2.90. The van der Waals surface area contributed by atoms with Crippen LogP contribution in [0.5, 0.6) is 0 Å². The highest BCUT2D eigenvalue weighted by molar-refractivity contribution is 5.82. The van der Waals surface area contributed by atoms with Crippen molar-refractivity contribution in [2.24, 2.45) is 11.8 Å². The third kappa shape index (κ3) is 2.83. The summed E-state index contributed by atoms with van der Waals surface area (Å²) >= 11 is 0. The minimum atomic E-state index is -1.03. The summed E-state index contributed by atoms with van der Waals surface area (Å²) in [5.74, 6) is 0.310. The Labute approximate surface area is 107 Å². The average molecular weight is 252 g/mol. The predicted octanol–water partition coefficient (Wildman–Crippen LogP) is 1.50. The Kier molecular flexibility index (Phi) is 3.89. The molecule has 0 saturated heterocycles. The molecule has 0 aromatic heterocycles. The number of carbonyl (C=O) groups is 2. The van der Waals surface area contributed by atoms with Gasteiger partial charge in [-0.25, -0.2) is 9.59 Å². The molecular weight excluding hydrogens is 232 g/mol. The van der Waals surface area contributed by atoms with Gasteiger partial charge in [0, 0.05) is 6.04 Å². The van der Waals surface area contributed by atoms with Gasteiger partial charge in [0.25, 0.3) is 0 Å². The Morgan fingerprint density at radius 2 is 2.17 bits per heavy atom. The Morgan fingerprint density at radius 1 is 1.39 bits per heavy atom. The van der Waals surface area contributed by atoms with E-state index in [1.54, 1.807) is 0 Å². The van der Waals surface area contributed by atoms with Crippen LogP contribution in [0, 0.1) is 11.8 Å². The van der Waals surface area contributed by atoms with Crippen molar-refractivity contribution in [3.05, 3.63) is 12.7 Å². The lowest BCUT2D eigenvalue weighted by Gasteiger charge is -2.24. The topological polar surface area (TPSA) is 78.4 Å². The maximum atomic E-state index is 11.7. The van der Waals surface area contributed by atoms with E-state index < -0.39 is 12.0 Å². The third-order valence-corrected chi connectivity index (χ3v) is 4.06. The van der Waals surface area contributed by atoms with E-state index in [0.29, 0.717) is 5.92 Å². The monoisotopic (exact) mass is 252 g/mol. The molecule has 0 spiro atoms. The molecule has 2 fully saturated rings. The molecule has 2 rings (SSSR count). The maximum Gasteiger partial charge on any atom is 0.326 e. The van der Waals surface area contributed by atoms with E-state index in [9.17, 15) is 9.59 Å². The van der Waals surface area contributed by atoms with Crippen LogP contribution in [0.15, 0.2) is 12.7 Å². The van der Waals surface area contributed by atoms with E-state index in [1.807, 2.05) is 0 Å². The number of amides is 2. The number of hydrogen-bond acceptors (Lipinski definition) is 2. The second-order valence-electron chi connectivity index (χ2n) is 5.31. The summed E-state index contributed by atoms with van der Waals surface area (Å²) in [6, 6.07) is -1.04. The second kappa shape index (κ2) is 5.42. The summed E-state index contributed by atoms with van der Waals surface area (Å²) in [7, 11) is 0. The minimum Gasteiger partial charge on any atom is -0.480 e. The first-order valence-corrected chi connectivity index (χ1v) is 6.51. The number of carbonyl (C=O) groups excluding carboxylic acids is 1. The van der Waals surface area contributed by atoms with Gasteiger partial charge >= 0.3 is 12.0 Å². The van der Waals surface area contributed by atoms with Crippen LogP contribution in [-0.4, -0.2) is 29.2 Å². The first-order valence-electron chi connectivity index (χ1n) is 6.51. The first kappa shape index (κ1) is 12.9. The number of fused-ring (bicyclic) bond motifs is 2. The molecule has 0 aromatic carbocycles. The van der Waals surface area contributed by atoms with Crippen molar-refractivity contribution >= 4 is 12.0 Å². The number of aliphatic carboxylic acids is 1. The lowest BCUT2D eigenvalue weighted by atomic mass is 9.95. The molecule has 0 aliphatic heterocycles. The lowest BCUT2D eigenvalue weighted by Crippen LogP contribution is -2.50. The van der Waals surface area contributed by atoms with Crippen molar-refractivity contribution < 1.29 is 14.7 Å². The summed E-state index contributed by atoms with van der Waals surface area (Å²) < 4.78 is 0. The second-order valence-corrected chi connectivity index (χ2v) is 5.31. The molecule has 2 aliphatic carbocycles. The number of carboxylic acid groups (broad SMARTS) is 1. The summed E-state index contributed by atoms with van der Waals surface area (Å²) in [5, 5.41) is 14.3. The van der Waals surface area contributed by atoms with E-state index >= 15 is 0 Å². The molecule has 4 atom stereocenters. The van der Waals surface area contributed by atoms with Crippen molar-refractivity contribution in [3.63, 3.8) is 0 Å². The summed E-state index contributed by atoms with van der Waals surface area (Å²) in [6.07, 6.45) is 6.44. The summed E-state index contributed by atoms with van der Waals surface area (Å²) in [4.78, 5) is 22.6. The zero-order valence-electron chi connectivity index (χ0n) is 10.4. The zero-order valence-corrected chi connectivity index (χ0v) is 10.4. The molecule has 0 aromatic rings. The smallest absolute Gasteiger partial charge is 0.326 e. The number of hydrogen-bond donors (Lipinski definition) is 3. The Morgan fingerprint density at radius 3 is 2.67 bits per heavy atom. The van der Waals surface area contributed by atoms with Gasteiger partial charge in [-0.15, -0.1) is 6.58 Å². The fraction of sp³-hybridized carbons (Fsp3) is 0.692. The van der Waals surface area contributed by atoms with E-state index in [-0.39, 0.29) is 18.5 Å². The molecule has 0 heterocycles. The molecule has 0 radical (unpaired) electrons. The maximum absolute atomic E-state index is 11.7. The fourth-order valence-electron chi connectivity index (χ4n) is 3.18. The van der Waals surface area contributed by atoms with Gasteiger partial charge in [0.05, 0.1) is 0 Å². The molecule has 5 nitrogen and oxygen atoms in total. The fourth-order valence-corrected chi connectivity index (χ4v) is 3.18. The molecule has 100 valence electrons. The minimum absolute atomic E-state index is 0.224. The van der Waals surface area contributed by atoms with Crippen molar-refractivity contribution in [2.75, 3.05) is 0 Å². The van der Waals surface area contributed by atoms with Crippen LogP contribution in [0.1, 0.15) is 32.1 Å². The van der Waals surface area contributed by atoms with Gasteiger partial charge in [0.15, 0.2) is 0 Å². The highest BCUT2D eigenvalue weighted by Crippen LogP contribution is 2.44. The van der Waals surface area contributed by atoms with Crippen LogP contribution in [-0.2, 0) is 4.79 Å². The van der Waals surface area contributed by atoms with Gasteiger partial charge in [-0.1, -0.05) is 12.5 Å². The zero-order chi connectivity index (χ0) is 13.1. The van der Waals surface area contributed by atoms with E-state index in [2.05, 4.69) is 17.2 Å². The van der Waals surface area contributed by atoms with Crippen molar-refractivity contribution in [3.8, 4) is 0 Å². The van der Waals surface area contributed by atoms with Gasteiger partial charge in [0.2, 0.25) is 0 Å². The Hall–Kier alpha value is -1.52. The predicted molar refractivity (Wildman–Crippen MR) is 67.1 cm³/mol. The van der Waals surface area contributed by atoms with Crippen LogP contribution in [0.3, 0.4) is 0 Å². The van der Waals surface area contributed by atoms with Crippen LogP contribution in [0.2, 0.25) is 0 Å². The Bertz CT molecular complexity index is 356. The van der Waals surface area contributed by atoms with Crippen LogP contribution < -0.4 is 10.6 Å². The van der Waals surface area contributed by atoms with Crippen molar-refractivity contribution in [2.45, 2.75) is 44.2 Å². The van der Waals surface area contributed by atoms with E-state index in [0.717, 1.165) is 12.3 Å². The van der Waals surface area contributed by atoms with E-state index in [4.69, 9.17) is 5.11 Å². The van der Waals surface area contributed by atoms with Gasteiger partial charge in [-0.3, -0.25) is 0 Å². The number of urea groups is 1. The van der Waals surface area contributed by atoms with Crippen molar-refractivity contribution in [1.82, 2.24) is 10.6 Å². The lowest BCUT2D eigenvalue weighted by molar-refractivity contribution is -0.139. The van der Waals surface area contributed by atoms with Gasteiger partial charge in [-0.2, -0.15) is 0 Å². The quantitative estimate of drug-likeness (QED) is 0.649. The Balaban J connectivity index is 1.81. The number of nitrogens with one attached hydrogen (secondary N) is 2. The molecule has 4 unspecified atom stereocenters. The largest absolute Gasteiger partial charge is 0.480 e. The summed E-state index contributed by atoms with van der Waals surface area (Å²) in [5.41, 5.74) is 0.